The highest BCUT2D eigenvalue weighted by atomic mass is 32.2. The molecule has 0 saturated carbocycles. The molecule has 0 aliphatic carbocycles. The first-order chi connectivity index (χ1) is 9.55. The van der Waals surface area contributed by atoms with Crippen LogP contribution in [0, 0.1) is 0 Å². The summed E-state index contributed by atoms with van der Waals surface area (Å²) in [6, 6.07) is 2.42. The number of rotatable bonds is 5. The molecule has 0 unspecified atom stereocenters. The minimum atomic E-state index is -4.54. The maximum absolute atomic E-state index is 12.4. The molecule has 21 heavy (non-hydrogen) atoms. The predicted molar refractivity (Wildman–Crippen MR) is 73.4 cm³/mol. The SMILES string of the molecule is CCCS(=O)(=O)CC(=O)Nc1ccc(C(F)(F)F)cc1N. The minimum absolute atomic E-state index is 0.0558. The minimum Gasteiger partial charge on any atom is -0.397 e. The van der Waals surface area contributed by atoms with Gasteiger partial charge in [-0.25, -0.2) is 8.42 Å². The quantitative estimate of drug-likeness (QED) is 0.811. The van der Waals surface area contributed by atoms with Gasteiger partial charge in [-0.1, -0.05) is 6.92 Å². The molecular weight excluding hydrogens is 309 g/mol. The van der Waals surface area contributed by atoms with E-state index < -0.39 is 33.2 Å². The summed E-state index contributed by atoms with van der Waals surface area (Å²) in [5, 5.41) is 2.19. The molecule has 0 bridgehead atoms. The van der Waals surface area contributed by atoms with E-state index in [4.69, 9.17) is 5.73 Å². The molecule has 1 amide bonds. The van der Waals surface area contributed by atoms with E-state index in [1.54, 1.807) is 6.92 Å². The van der Waals surface area contributed by atoms with Gasteiger partial charge in [-0.2, -0.15) is 13.2 Å². The second-order valence-corrected chi connectivity index (χ2v) is 6.62. The van der Waals surface area contributed by atoms with E-state index in [2.05, 4.69) is 5.32 Å². The van der Waals surface area contributed by atoms with Crippen molar-refractivity contribution in [2.24, 2.45) is 0 Å². The molecule has 0 fully saturated rings. The van der Waals surface area contributed by atoms with Gasteiger partial charge in [0, 0.05) is 0 Å². The second-order valence-electron chi connectivity index (χ2n) is 4.44. The molecule has 0 heterocycles. The normalized spacial score (nSPS) is 12.2. The molecule has 0 atom stereocenters. The Bertz CT molecular complexity index is 627. The van der Waals surface area contributed by atoms with E-state index in [-0.39, 0.29) is 17.1 Å². The van der Waals surface area contributed by atoms with Gasteiger partial charge in [0.1, 0.15) is 5.75 Å². The molecule has 0 saturated heterocycles. The highest BCUT2D eigenvalue weighted by Gasteiger charge is 2.31. The Hall–Kier alpha value is -1.77. The number of carbonyl (C=O) groups is 1. The summed E-state index contributed by atoms with van der Waals surface area (Å²) in [6.45, 7) is 1.66. The summed E-state index contributed by atoms with van der Waals surface area (Å²) in [7, 11) is -3.53. The van der Waals surface area contributed by atoms with Crippen LogP contribution >= 0.6 is 0 Å². The largest absolute Gasteiger partial charge is 0.416 e. The van der Waals surface area contributed by atoms with E-state index in [1.807, 2.05) is 0 Å². The molecule has 0 aliphatic heterocycles. The van der Waals surface area contributed by atoms with Crippen LogP contribution in [0.15, 0.2) is 18.2 Å². The summed E-state index contributed by atoms with van der Waals surface area (Å²) in [6.07, 6.45) is -4.17. The number of amides is 1. The highest BCUT2D eigenvalue weighted by Crippen LogP contribution is 2.32. The summed E-state index contributed by atoms with van der Waals surface area (Å²) in [5.74, 6) is -1.71. The number of anilines is 2. The van der Waals surface area contributed by atoms with E-state index >= 15 is 0 Å². The van der Waals surface area contributed by atoms with Crippen LogP contribution in [0.1, 0.15) is 18.9 Å². The first-order valence-corrected chi connectivity index (χ1v) is 7.84. The van der Waals surface area contributed by atoms with Gasteiger partial charge in [0.25, 0.3) is 0 Å². The van der Waals surface area contributed by atoms with E-state index in [0.29, 0.717) is 12.5 Å². The number of benzene rings is 1. The highest BCUT2D eigenvalue weighted by molar-refractivity contribution is 7.92. The van der Waals surface area contributed by atoms with Crippen LogP contribution in [0.25, 0.3) is 0 Å². The summed E-state index contributed by atoms with van der Waals surface area (Å²) < 4.78 is 60.3. The molecule has 5 nitrogen and oxygen atoms in total. The van der Waals surface area contributed by atoms with Crippen LogP contribution in [-0.2, 0) is 20.8 Å². The molecule has 1 aromatic rings. The molecule has 0 spiro atoms. The van der Waals surface area contributed by atoms with Crippen LogP contribution in [0.2, 0.25) is 0 Å². The van der Waals surface area contributed by atoms with Gasteiger partial charge in [-0.15, -0.1) is 0 Å². The first kappa shape index (κ1) is 17.3. The Morgan fingerprint density at radius 2 is 1.95 bits per heavy atom. The molecule has 1 rings (SSSR count). The zero-order valence-corrected chi connectivity index (χ0v) is 12.0. The maximum atomic E-state index is 12.4. The number of sulfone groups is 1. The van der Waals surface area contributed by atoms with Crippen LogP contribution in [0.5, 0.6) is 0 Å². The lowest BCUT2D eigenvalue weighted by atomic mass is 10.1. The number of hydrogen-bond donors (Lipinski definition) is 2. The van der Waals surface area contributed by atoms with Crippen LogP contribution < -0.4 is 11.1 Å². The standard InChI is InChI=1S/C12H15F3N2O3S/c1-2-5-21(19,20)7-11(18)17-10-4-3-8(6-9(10)16)12(13,14)15/h3-4,6H,2,5,7,16H2,1H3,(H,17,18). The van der Waals surface area contributed by atoms with E-state index in [9.17, 15) is 26.4 Å². The fourth-order valence-corrected chi connectivity index (χ4v) is 2.86. The fraction of sp³-hybridized carbons (Fsp3) is 0.417. The third kappa shape index (κ3) is 5.25. The van der Waals surface area contributed by atoms with Crippen molar-refractivity contribution in [2.75, 3.05) is 22.6 Å². The predicted octanol–water partition coefficient (Wildman–Crippen LogP) is 2.05. The Morgan fingerprint density at radius 1 is 1.33 bits per heavy atom. The van der Waals surface area contributed by atoms with Gasteiger partial charge < -0.3 is 11.1 Å². The number of halogens is 3. The Morgan fingerprint density at radius 3 is 2.43 bits per heavy atom. The summed E-state index contributed by atoms with van der Waals surface area (Å²) in [5.41, 5.74) is 4.14. The van der Waals surface area contributed by atoms with Gasteiger partial charge in [-0.3, -0.25) is 4.79 Å². The summed E-state index contributed by atoms with van der Waals surface area (Å²) >= 11 is 0. The number of hydrogen-bond acceptors (Lipinski definition) is 4. The average Bonchev–Trinajstić information content (AvgIpc) is 2.29. The maximum Gasteiger partial charge on any atom is 0.416 e. The lowest BCUT2D eigenvalue weighted by Crippen LogP contribution is -2.25. The fourth-order valence-electron chi connectivity index (χ4n) is 1.62. The van der Waals surface area contributed by atoms with Crippen molar-refractivity contribution in [2.45, 2.75) is 19.5 Å². The number of nitrogens with one attached hydrogen (secondary N) is 1. The zero-order valence-electron chi connectivity index (χ0n) is 11.2. The molecular formula is C12H15F3N2O3S. The van der Waals surface area contributed by atoms with Crippen molar-refractivity contribution in [1.82, 2.24) is 0 Å². The number of nitrogens with two attached hydrogens (primary N) is 1. The number of carbonyl (C=O) groups excluding carboxylic acids is 1. The van der Waals surface area contributed by atoms with Crippen molar-refractivity contribution >= 4 is 27.1 Å². The Kier molecular flexibility index (Phi) is 5.21. The molecule has 9 heteroatoms. The third-order valence-electron chi connectivity index (χ3n) is 2.52. The Labute approximate surface area is 120 Å². The average molecular weight is 324 g/mol. The van der Waals surface area contributed by atoms with Crippen LogP contribution in [0.3, 0.4) is 0 Å². The lowest BCUT2D eigenvalue weighted by Gasteiger charge is -2.12. The van der Waals surface area contributed by atoms with Gasteiger partial charge in [0.2, 0.25) is 5.91 Å². The monoisotopic (exact) mass is 324 g/mol. The first-order valence-electron chi connectivity index (χ1n) is 6.02. The molecule has 3 N–H and O–H groups in total. The van der Waals surface area contributed by atoms with E-state index in [1.165, 1.54) is 0 Å². The topological polar surface area (TPSA) is 89.3 Å². The molecule has 0 radical (unpaired) electrons. The molecule has 1 aromatic carbocycles. The summed E-state index contributed by atoms with van der Waals surface area (Å²) in [4.78, 5) is 11.6. The zero-order chi connectivity index (χ0) is 16.3. The molecule has 0 aromatic heterocycles. The van der Waals surface area contributed by atoms with E-state index in [0.717, 1.165) is 12.1 Å². The lowest BCUT2D eigenvalue weighted by molar-refractivity contribution is -0.137. The van der Waals surface area contributed by atoms with Crippen LogP contribution in [-0.4, -0.2) is 25.8 Å². The number of nitrogen functional groups attached to an aromatic ring is 1. The van der Waals surface area contributed by atoms with Crippen molar-refractivity contribution in [3.05, 3.63) is 23.8 Å². The van der Waals surface area contributed by atoms with Crippen molar-refractivity contribution in [3.8, 4) is 0 Å². The molecule has 0 aliphatic rings. The van der Waals surface area contributed by atoms with Gasteiger partial charge >= 0.3 is 6.18 Å². The van der Waals surface area contributed by atoms with Crippen molar-refractivity contribution in [3.63, 3.8) is 0 Å². The van der Waals surface area contributed by atoms with Crippen LogP contribution in [0.4, 0.5) is 24.5 Å². The van der Waals surface area contributed by atoms with Crippen molar-refractivity contribution in [1.29, 1.82) is 0 Å². The van der Waals surface area contributed by atoms with Gasteiger partial charge in [0.05, 0.1) is 22.7 Å². The number of alkyl halides is 3. The smallest absolute Gasteiger partial charge is 0.397 e. The second kappa shape index (κ2) is 6.33. The van der Waals surface area contributed by atoms with Gasteiger partial charge in [-0.05, 0) is 24.6 Å². The van der Waals surface area contributed by atoms with Crippen molar-refractivity contribution < 1.29 is 26.4 Å². The third-order valence-corrected chi connectivity index (χ3v) is 4.25. The molecule has 118 valence electrons. The van der Waals surface area contributed by atoms with Gasteiger partial charge in [0.15, 0.2) is 9.84 Å². The Balaban J connectivity index is 2.83.